The summed E-state index contributed by atoms with van der Waals surface area (Å²) in [7, 11) is 1.63. The number of benzene rings is 3. The van der Waals surface area contributed by atoms with Crippen molar-refractivity contribution in [3.8, 4) is 28.5 Å². The quantitative estimate of drug-likeness (QED) is 0.345. The molecule has 1 N–H and O–H groups in total. The first kappa shape index (κ1) is 19.8. The van der Waals surface area contributed by atoms with Gasteiger partial charge in [-0.05, 0) is 48.5 Å². The number of hydrogen-bond acceptors (Lipinski definition) is 5. The second-order valence-electron chi connectivity index (χ2n) is 7.03. The Morgan fingerprint density at radius 2 is 1.69 bits per heavy atom. The van der Waals surface area contributed by atoms with Crippen LogP contribution in [0.3, 0.4) is 0 Å². The normalized spacial score (nSPS) is 10.8. The van der Waals surface area contributed by atoms with E-state index in [1.54, 1.807) is 12.5 Å². The van der Waals surface area contributed by atoms with Crippen LogP contribution in [0.2, 0.25) is 0 Å². The van der Waals surface area contributed by atoms with E-state index in [-0.39, 0.29) is 5.91 Å². The van der Waals surface area contributed by atoms with E-state index >= 15 is 0 Å². The van der Waals surface area contributed by atoms with Crippen molar-refractivity contribution in [3.05, 3.63) is 96.1 Å². The summed E-state index contributed by atoms with van der Waals surface area (Å²) < 4.78 is 12.9. The molecule has 7 heteroatoms. The van der Waals surface area contributed by atoms with Crippen molar-refractivity contribution >= 4 is 27.9 Å². The first-order valence-electron chi connectivity index (χ1n) is 9.95. The lowest BCUT2D eigenvalue weighted by molar-refractivity contribution is 0.102. The highest BCUT2D eigenvalue weighted by molar-refractivity contribution is 7.15. The molecule has 3 aromatic carbocycles. The molecule has 0 saturated heterocycles. The molecule has 0 unspecified atom stereocenters. The zero-order chi connectivity index (χ0) is 21.9. The maximum atomic E-state index is 12.9. The lowest BCUT2D eigenvalue weighted by Crippen LogP contribution is -2.13. The van der Waals surface area contributed by atoms with Crippen LogP contribution >= 0.6 is 11.3 Å². The fourth-order valence-corrected chi connectivity index (χ4v) is 4.15. The van der Waals surface area contributed by atoms with E-state index in [9.17, 15) is 4.79 Å². The molecule has 5 rings (SSSR count). The van der Waals surface area contributed by atoms with Crippen molar-refractivity contribution in [2.24, 2.45) is 0 Å². The standard InChI is InChI=1S/C25H19N3O3S/c1-30-21-9-5-6-17(14-21)22-15-28-23(16-32-25(28)27-22)24(29)26-18-10-12-20(13-11-18)31-19-7-3-2-4-8-19/h2-16H,1H3,(H,26,29). The highest BCUT2D eigenvalue weighted by Gasteiger charge is 2.16. The van der Waals surface area contributed by atoms with Gasteiger partial charge in [-0.25, -0.2) is 4.98 Å². The summed E-state index contributed by atoms with van der Waals surface area (Å²) in [4.78, 5) is 18.3. The molecule has 0 aliphatic carbocycles. The predicted molar refractivity (Wildman–Crippen MR) is 126 cm³/mol. The van der Waals surface area contributed by atoms with Gasteiger partial charge in [-0.3, -0.25) is 9.20 Å². The van der Waals surface area contributed by atoms with Gasteiger partial charge in [-0.15, -0.1) is 11.3 Å². The van der Waals surface area contributed by atoms with Crippen LogP contribution in [0.25, 0.3) is 16.2 Å². The number of methoxy groups -OCH3 is 1. The molecule has 6 nitrogen and oxygen atoms in total. The number of nitrogens with one attached hydrogen (secondary N) is 1. The maximum absolute atomic E-state index is 12.9. The summed E-state index contributed by atoms with van der Waals surface area (Å²) in [6.45, 7) is 0. The van der Waals surface area contributed by atoms with Crippen LogP contribution in [0.5, 0.6) is 17.2 Å². The molecule has 0 radical (unpaired) electrons. The van der Waals surface area contributed by atoms with Gasteiger partial charge in [0.15, 0.2) is 4.96 Å². The van der Waals surface area contributed by atoms with Crippen molar-refractivity contribution in [2.75, 3.05) is 12.4 Å². The summed E-state index contributed by atoms with van der Waals surface area (Å²) >= 11 is 1.42. The Bertz CT molecular complexity index is 1370. The molecular formula is C25H19N3O3S. The van der Waals surface area contributed by atoms with Crippen LogP contribution in [-0.2, 0) is 0 Å². The molecule has 0 bridgehead atoms. The van der Waals surface area contributed by atoms with E-state index in [0.29, 0.717) is 17.1 Å². The first-order chi connectivity index (χ1) is 15.7. The highest BCUT2D eigenvalue weighted by Crippen LogP contribution is 2.27. The Kier molecular flexibility index (Phi) is 5.31. The van der Waals surface area contributed by atoms with E-state index in [0.717, 1.165) is 27.7 Å². The third-order valence-corrected chi connectivity index (χ3v) is 5.74. The van der Waals surface area contributed by atoms with Gasteiger partial charge >= 0.3 is 0 Å². The van der Waals surface area contributed by atoms with Crippen LogP contribution in [-0.4, -0.2) is 22.4 Å². The Hall–Kier alpha value is -4.10. The smallest absolute Gasteiger partial charge is 0.273 e. The van der Waals surface area contributed by atoms with Crippen LogP contribution in [0.15, 0.2) is 90.4 Å². The van der Waals surface area contributed by atoms with Crippen LogP contribution < -0.4 is 14.8 Å². The summed E-state index contributed by atoms with van der Waals surface area (Å²) in [6, 6.07) is 24.5. The van der Waals surface area contributed by atoms with E-state index in [4.69, 9.17) is 9.47 Å². The van der Waals surface area contributed by atoms with Gasteiger partial charge in [-0.1, -0.05) is 30.3 Å². The lowest BCUT2D eigenvalue weighted by atomic mass is 10.1. The number of para-hydroxylation sites is 1. The van der Waals surface area contributed by atoms with Crippen molar-refractivity contribution in [1.29, 1.82) is 0 Å². The predicted octanol–water partition coefficient (Wildman–Crippen LogP) is 6.12. The topological polar surface area (TPSA) is 64.9 Å². The molecule has 0 spiro atoms. The molecule has 32 heavy (non-hydrogen) atoms. The van der Waals surface area contributed by atoms with Crippen LogP contribution in [0.1, 0.15) is 10.5 Å². The Morgan fingerprint density at radius 3 is 2.47 bits per heavy atom. The number of rotatable bonds is 6. The number of fused-ring (bicyclic) bond motifs is 1. The molecule has 0 fully saturated rings. The van der Waals surface area contributed by atoms with Crippen molar-refractivity contribution in [3.63, 3.8) is 0 Å². The van der Waals surface area contributed by atoms with Crippen molar-refractivity contribution in [2.45, 2.75) is 0 Å². The largest absolute Gasteiger partial charge is 0.497 e. The van der Waals surface area contributed by atoms with Crippen molar-refractivity contribution in [1.82, 2.24) is 9.38 Å². The second kappa shape index (κ2) is 8.56. The number of carbonyl (C=O) groups excluding carboxylic acids is 1. The highest BCUT2D eigenvalue weighted by atomic mass is 32.1. The van der Waals surface area contributed by atoms with Gasteiger partial charge in [-0.2, -0.15) is 0 Å². The summed E-state index contributed by atoms with van der Waals surface area (Å²) in [5.41, 5.74) is 2.92. The summed E-state index contributed by atoms with van der Waals surface area (Å²) in [5, 5.41) is 4.74. The number of ether oxygens (including phenoxy) is 2. The lowest BCUT2D eigenvalue weighted by Gasteiger charge is -2.08. The van der Waals surface area contributed by atoms with E-state index in [2.05, 4.69) is 10.3 Å². The average Bonchev–Trinajstić information content (AvgIpc) is 3.42. The maximum Gasteiger partial charge on any atom is 0.273 e. The molecule has 0 saturated carbocycles. The second-order valence-corrected chi connectivity index (χ2v) is 7.86. The molecule has 0 aliphatic heterocycles. The molecule has 2 aromatic heterocycles. The number of amides is 1. The van der Waals surface area contributed by atoms with Gasteiger partial charge in [0, 0.05) is 22.8 Å². The SMILES string of the molecule is COc1cccc(-c2cn3c(C(=O)Nc4ccc(Oc5ccccc5)cc4)csc3n2)c1. The average molecular weight is 442 g/mol. The first-order valence-corrected chi connectivity index (χ1v) is 10.8. The zero-order valence-electron chi connectivity index (χ0n) is 17.2. The number of hydrogen-bond donors (Lipinski definition) is 1. The Morgan fingerprint density at radius 1 is 0.938 bits per heavy atom. The summed E-state index contributed by atoms with van der Waals surface area (Å²) in [5.74, 6) is 2.01. The number of anilines is 1. The van der Waals surface area contributed by atoms with Crippen LogP contribution in [0.4, 0.5) is 5.69 Å². The minimum Gasteiger partial charge on any atom is -0.497 e. The molecule has 0 atom stereocenters. The Labute approximate surface area is 188 Å². The molecular weight excluding hydrogens is 422 g/mol. The van der Waals surface area contributed by atoms with Gasteiger partial charge in [0.05, 0.1) is 12.8 Å². The molecule has 5 aromatic rings. The fourth-order valence-electron chi connectivity index (χ4n) is 3.29. The number of nitrogens with zero attached hydrogens (tertiary/aromatic N) is 2. The van der Waals surface area contributed by atoms with Gasteiger partial charge in [0.2, 0.25) is 0 Å². The number of aromatic nitrogens is 2. The van der Waals surface area contributed by atoms with E-state index in [1.165, 1.54) is 11.3 Å². The monoisotopic (exact) mass is 441 g/mol. The van der Waals surface area contributed by atoms with E-state index in [1.807, 2.05) is 89.5 Å². The molecule has 0 aliphatic rings. The minimum atomic E-state index is -0.206. The van der Waals surface area contributed by atoms with Gasteiger partial charge < -0.3 is 14.8 Å². The fraction of sp³-hybridized carbons (Fsp3) is 0.0400. The number of carbonyl (C=O) groups is 1. The molecule has 1 amide bonds. The van der Waals surface area contributed by atoms with Gasteiger partial charge in [0.25, 0.3) is 5.91 Å². The molecule has 2 heterocycles. The van der Waals surface area contributed by atoms with Crippen LogP contribution in [0, 0.1) is 0 Å². The van der Waals surface area contributed by atoms with Crippen molar-refractivity contribution < 1.29 is 14.3 Å². The number of thiazole rings is 1. The minimum absolute atomic E-state index is 0.206. The van der Waals surface area contributed by atoms with Gasteiger partial charge in [0.1, 0.15) is 22.9 Å². The Balaban J connectivity index is 1.33. The third kappa shape index (κ3) is 4.06. The zero-order valence-corrected chi connectivity index (χ0v) is 18.0. The third-order valence-electron chi connectivity index (χ3n) is 4.90. The summed E-state index contributed by atoms with van der Waals surface area (Å²) in [6.07, 6.45) is 1.87. The number of imidazole rings is 1. The van der Waals surface area contributed by atoms with E-state index < -0.39 is 0 Å². The molecule has 158 valence electrons.